The maximum Gasteiger partial charge on any atom is 0.265 e. The quantitative estimate of drug-likeness (QED) is 0.776. The molecule has 0 fully saturated rings. The Morgan fingerprint density at radius 2 is 1.91 bits per heavy atom. The van der Waals surface area contributed by atoms with E-state index in [0.717, 1.165) is 0 Å². The predicted molar refractivity (Wildman–Crippen MR) is 94.1 cm³/mol. The molecule has 23 heavy (non-hydrogen) atoms. The SMILES string of the molecule is COc1c(Br)cc(Cl)cc1S(=O)(=O)Nc1ccc(C)c(O)c1C. The highest BCUT2D eigenvalue weighted by atomic mass is 79.9. The van der Waals surface area contributed by atoms with Gasteiger partial charge in [-0.25, -0.2) is 8.42 Å². The molecule has 0 heterocycles. The largest absolute Gasteiger partial charge is 0.507 e. The molecule has 0 aromatic heterocycles. The van der Waals surface area contributed by atoms with Gasteiger partial charge in [0.2, 0.25) is 0 Å². The number of ether oxygens (including phenoxy) is 1. The summed E-state index contributed by atoms with van der Waals surface area (Å²) in [6.07, 6.45) is 0. The molecule has 0 saturated carbocycles. The molecule has 2 aromatic carbocycles. The maximum atomic E-state index is 12.7. The summed E-state index contributed by atoms with van der Waals surface area (Å²) in [6.45, 7) is 3.36. The number of hydrogen-bond acceptors (Lipinski definition) is 4. The van der Waals surface area contributed by atoms with Gasteiger partial charge in [-0.15, -0.1) is 0 Å². The Morgan fingerprint density at radius 1 is 1.26 bits per heavy atom. The van der Waals surface area contributed by atoms with Crippen molar-refractivity contribution in [2.45, 2.75) is 18.7 Å². The third kappa shape index (κ3) is 3.57. The van der Waals surface area contributed by atoms with E-state index in [1.54, 1.807) is 32.0 Å². The average Bonchev–Trinajstić information content (AvgIpc) is 2.47. The van der Waals surface area contributed by atoms with Crippen LogP contribution in [-0.4, -0.2) is 20.6 Å². The molecule has 0 unspecified atom stereocenters. The summed E-state index contributed by atoms with van der Waals surface area (Å²) >= 11 is 9.18. The summed E-state index contributed by atoms with van der Waals surface area (Å²) in [6, 6.07) is 6.07. The predicted octanol–water partition coefficient (Wildman–Crippen LogP) is 4.23. The summed E-state index contributed by atoms with van der Waals surface area (Å²) in [4.78, 5) is -0.0983. The van der Waals surface area contributed by atoms with Crippen LogP contribution in [0.1, 0.15) is 11.1 Å². The highest BCUT2D eigenvalue weighted by Gasteiger charge is 2.23. The van der Waals surface area contributed by atoms with Crippen molar-refractivity contribution in [3.63, 3.8) is 0 Å². The van der Waals surface area contributed by atoms with Crippen molar-refractivity contribution in [2.24, 2.45) is 0 Å². The fourth-order valence-electron chi connectivity index (χ4n) is 2.08. The van der Waals surface area contributed by atoms with E-state index in [9.17, 15) is 13.5 Å². The highest BCUT2D eigenvalue weighted by Crippen LogP contribution is 2.37. The lowest BCUT2D eigenvalue weighted by molar-refractivity contribution is 0.400. The Bertz CT molecular complexity index is 868. The molecule has 0 spiro atoms. The summed E-state index contributed by atoms with van der Waals surface area (Å²) < 4.78 is 33.4. The molecule has 0 aliphatic rings. The second-order valence-electron chi connectivity index (χ2n) is 4.93. The van der Waals surface area contributed by atoms with Crippen LogP contribution in [0.2, 0.25) is 5.02 Å². The highest BCUT2D eigenvalue weighted by molar-refractivity contribution is 9.10. The fourth-order valence-corrected chi connectivity index (χ4v) is 4.59. The summed E-state index contributed by atoms with van der Waals surface area (Å²) in [5, 5.41) is 10.2. The molecule has 0 radical (unpaired) electrons. The van der Waals surface area contributed by atoms with E-state index >= 15 is 0 Å². The average molecular weight is 421 g/mol. The third-order valence-corrected chi connectivity index (χ3v) is 5.52. The Hall–Kier alpha value is -1.44. The molecule has 2 rings (SSSR count). The molecule has 2 aromatic rings. The lowest BCUT2D eigenvalue weighted by Crippen LogP contribution is -2.15. The molecule has 0 amide bonds. The normalized spacial score (nSPS) is 11.3. The van der Waals surface area contributed by atoms with Gasteiger partial charge in [-0.2, -0.15) is 0 Å². The number of benzene rings is 2. The molecule has 5 nitrogen and oxygen atoms in total. The van der Waals surface area contributed by atoms with Gasteiger partial charge in [0.05, 0.1) is 17.3 Å². The van der Waals surface area contributed by atoms with Crippen molar-refractivity contribution >= 4 is 43.2 Å². The molecule has 2 N–H and O–H groups in total. The van der Waals surface area contributed by atoms with Gasteiger partial charge in [-0.3, -0.25) is 4.72 Å². The number of halogens is 2. The first kappa shape index (κ1) is 17.9. The zero-order chi connectivity index (χ0) is 17.4. The smallest absolute Gasteiger partial charge is 0.265 e. The number of nitrogens with one attached hydrogen (secondary N) is 1. The first-order valence-corrected chi connectivity index (χ1v) is 9.18. The maximum absolute atomic E-state index is 12.7. The van der Waals surface area contributed by atoms with Gasteiger partial charge < -0.3 is 9.84 Å². The van der Waals surface area contributed by atoms with E-state index in [-0.39, 0.29) is 27.1 Å². The minimum absolute atomic E-state index is 0.0458. The van der Waals surface area contributed by atoms with Crippen LogP contribution in [0.4, 0.5) is 5.69 Å². The van der Waals surface area contributed by atoms with Gasteiger partial charge in [0.1, 0.15) is 10.6 Å². The molecule has 0 aliphatic carbocycles. The minimum atomic E-state index is -3.95. The van der Waals surface area contributed by atoms with Crippen LogP contribution in [0, 0.1) is 13.8 Å². The van der Waals surface area contributed by atoms with E-state index in [0.29, 0.717) is 15.6 Å². The number of aromatic hydroxyl groups is 1. The molecular weight excluding hydrogens is 406 g/mol. The molecule has 0 aliphatic heterocycles. The van der Waals surface area contributed by atoms with Crippen LogP contribution >= 0.6 is 27.5 Å². The third-order valence-electron chi connectivity index (χ3n) is 3.34. The first-order valence-electron chi connectivity index (χ1n) is 6.52. The first-order chi connectivity index (χ1) is 10.7. The summed E-state index contributed by atoms with van der Waals surface area (Å²) in [7, 11) is -2.58. The number of hydrogen-bond donors (Lipinski definition) is 2. The van der Waals surface area contributed by atoms with E-state index < -0.39 is 10.0 Å². The van der Waals surface area contributed by atoms with Crippen LogP contribution in [0.3, 0.4) is 0 Å². The van der Waals surface area contributed by atoms with Crippen molar-refractivity contribution in [1.82, 2.24) is 0 Å². The van der Waals surface area contributed by atoms with Crippen LogP contribution in [0.5, 0.6) is 11.5 Å². The summed E-state index contributed by atoms with van der Waals surface area (Å²) in [5.41, 5.74) is 1.38. The van der Waals surface area contributed by atoms with Gasteiger partial charge in [0.25, 0.3) is 10.0 Å². The number of methoxy groups -OCH3 is 1. The number of anilines is 1. The monoisotopic (exact) mass is 419 g/mol. The van der Waals surface area contributed by atoms with Crippen molar-refractivity contribution < 1.29 is 18.3 Å². The van der Waals surface area contributed by atoms with Crippen molar-refractivity contribution in [3.05, 3.63) is 44.9 Å². The number of sulfonamides is 1. The van der Waals surface area contributed by atoms with Gasteiger partial charge in [-0.1, -0.05) is 17.7 Å². The molecule has 0 saturated heterocycles. The van der Waals surface area contributed by atoms with E-state index in [1.165, 1.54) is 13.2 Å². The fraction of sp³-hybridized carbons (Fsp3) is 0.200. The number of phenols is 1. The van der Waals surface area contributed by atoms with E-state index in [2.05, 4.69) is 20.7 Å². The van der Waals surface area contributed by atoms with E-state index in [4.69, 9.17) is 16.3 Å². The molecular formula is C15H15BrClNO4S. The standard InChI is InChI=1S/C15H15BrClNO4S/c1-8-4-5-12(9(2)14(8)19)18-23(20,21)13-7-10(17)6-11(16)15(13)22-3/h4-7,18-19H,1-3H3. The zero-order valence-corrected chi connectivity index (χ0v) is 15.8. The zero-order valence-electron chi connectivity index (χ0n) is 12.6. The van der Waals surface area contributed by atoms with Crippen LogP contribution in [-0.2, 0) is 10.0 Å². The Kier molecular flexibility index (Phi) is 5.13. The Morgan fingerprint density at radius 3 is 2.52 bits per heavy atom. The lowest BCUT2D eigenvalue weighted by atomic mass is 10.1. The van der Waals surface area contributed by atoms with Gasteiger partial charge in [0.15, 0.2) is 5.75 Å². The van der Waals surface area contributed by atoms with Gasteiger partial charge in [0, 0.05) is 10.6 Å². The van der Waals surface area contributed by atoms with Gasteiger partial charge in [-0.05, 0) is 53.5 Å². The lowest BCUT2D eigenvalue weighted by Gasteiger charge is -2.15. The topological polar surface area (TPSA) is 75.6 Å². The number of phenolic OH excluding ortho intramolecular Hbond substituents is 1. The number of rotatable bonds is 4. The Labute approximate surface area is 148 Å². The van der Waals surface area contributed by atoms with Crippen molar-refractivity contribution in [3.8, 4) is 11.5 Å². The second kappa shape index (κ2) is 6.59. The van der Waals surface area contributed by atoms with Crippen molar-refractivity contribution in [2.75, 3.05) is 11.8 Å². The van der Waals surface area contributed by atoms with Crippen molar-refractivity contribution in [1.29, 1.82) is 0 Å². The number of aryl methyl sites for hydroxylation is 1. The molecule has 8 heteroatoms. The van der Waals surface area contributed by atoms with Gasteiger partial charge >= 0.3 is 0 Å². The summed E-state index contributed by atoms with van der Waals surface area (Å²) in [5.74, 6) is 0.195. The molecule has 0 atom stereocenters. The Balaban J connectivity index is 2.55. The molecule has 124 valence electrons. The van der Waals surface area contributed by atoms with Crippen LogP contribution in [0.15, 0.2) is 33.6 Å². The van der Waals surface area contributed by atoms with E-state index in [1.807, 2.05) is 0 Å². The molecule has 0 bridgehead atoms. The minimum Gasteiger partial charge on any atom is -0.507 e. The second-order valence-corrected chi connectivity index (χ2v) is 7.87. The van der Waals surface area contributed by atoms with Crippen LogP contribution in [0.25, 0.3) is 0 Å². The van der Waals surface area contributed by atoms with Crippen LogP contribution < -0.4 is 9.46 Å².